The van der Waals surface area contributed by atoms with Crippen LogP contribution in [0.1, 0.15) is 100 Å². The van der Waals surface area contributed by atoms with Gasteiger partial charge in [0.25, 0.3) is 0 Å². The number of amides is 3. The molecule has 0 saturated carbocycles. The second-order valence-electron chi connectivity index (χ2n) is 17.7. The van der Waals surface area contributed by atoms with Crippen molar-refractivity contribution in [2.45, 2.75) is 167 Å². The number of aliphatic hydroxyl groups excluding tert-OH is 3. The summed E-state index contributed by atoms with van der Waals surface area (Å²) in [4.78, 5) is 59.5. The van der Waals surface area contributed by atoms with Gasteiger partial charge in [-0.15, -0.1) is 0 Å². The van der Waals surface area contributed by atoms with Gasteiger partial charge < -0.3 is 70.9 Å². The Morgan fingerprint density at radius 3 is 2.17 bits per heavy atom. The van der Waals surface area contributed by atoms with Crippen molar-refractivity contribution in [3.63, 3.8) is 0 Å². The highest BCUT2D eigenvalue weighted by Crippen LogP contribution is 2.48. The molecule has 2 saturated heterocycles. The Hall–Kier alpha value is -3.83. The number of carboxylic acids is 1. The van der Waals surface area contributed by atoms with Gasteiger partial charge in [0.2, 0.25) is 11.8 Å². The summed E-state index contributed by atoms with van der Waals surface area (Å²) in [5, 5.41) is 54.5. The number of hydrogen-bond acceptors (Lipinski definition) is 16. The molecule has 0 spiro atoms. The van der Waals surface area contributed by atoms with Gasteiger partial charge in [-0.05, 0) is 85.0 Å². The molecular formula is C44H72N3O18P. The molecule has 0 radical (unpaired) electrons. The molecule has 22 heteroatoms. The summed E-state index contributed by atoms with van der Waals surface area (Å²) in [5.41, 5.74) is 12.7. The molecule has 0 bridgehead atoms. The van der Waals surface area contributed by atoms with Crippen molar-refractivity contribution < 1.29 is 86.9 Å². The van der Waals surface area contributed by atoms with E-state index in [1.165, 1.54) is 16.7 Å². The van der Waals surface area contributed by atoms with Crippen LogP contribution < -0.4 is 16.8 Å². The van der Waals surface area contributed by atoms with Crippen LogP contribution in [0.15, 0.2) is 59.3 Å². The number of rotatable bonds is 27. The molecule has 2 fully saturated rings. The minimum atomic E-state index is -5.52. The van der Waals surface area contributed by atoms with Crippen LogP contribution >= 0.6 is 7.82 Å². The number of nitrogens with two attached hydrogens (primary N) is 2. The Morgan fingerprint density at radius 2 is 1.59 bits per heavy atom. The third kappa shape index (κ3) is 19.4. The molecule has 0 aromatic carbocycles. The van der Waals surface area contributed by atoms with Crippen LogP contribution in [0, 0.1) is 5.41 Å². The molecule has 2 rings (SSSR count). The summed E-state index contributed by atoms with van der Waals surface area (Å²) in [6, 6.07) is -1.66. The third-order valence-corrected chi connectivity index (χ3v) is 11.8. The molecule has 0 aliphatic carbocycles. The zero-order valence-corrected chi connectivity index (χ0v) is 40.0. The number of phosphoric acid groups is 1. The van der Waals surface area contributed by atoms with Gasteiger partial charge >= 0.3 is 19.9 Å². The van der Waals surface area contributed by atoms with Gasteiger partial charge in [-0.2, -0.15) is 0 Å². The van der Waals surface area contributed by atoms with Crippen molar-refractivity contribution in [2.24, 2.45) is 16.9 Å². The summed E-state index contributed by atoms with van der Waals surface area (Å²) in [6.07, 6.45) is -3.01. The maximum Gasteiger partial charge on any atom is 0.474 e. The first-order valence-corrected chi connectivity index (χ1v) is 23.1. The monoisotopic (exact) mass is 961 g/mol. The Kier molecular flexibility index (Phi) is 23.5. The molecule has 11 N–H and O–H groups in total. The second kappa shape index (κ2) is 26.6. The quantitative estimate of drug-likeness (QED) is 0.0422. The van der Waals surface area contributed by atoms with Crippen LogP contribution in [-0.4, -0.2) is 141 Å². The molecule has 0 aromatic heterocycles. The van der Waals surface area contributed by atoms with Crippen molar-refractivity contribution in [1.82, 2.24) is 5.32 Å². The predicted molar refractivity (Wildman–Crippen MR) is 239 cm³/mol. The first-order valence-electron chi connectivity index (χ1n) is 21.6. The first kappa shape index (κ1) is 58.3. The second-order valence-corrected chi connectivity index (χ2v) is 19.1. The number of carbonyl (C=O) groups is 4. The van der Waals surface area contributed by atoms with Crippen LogP contribution in [-0.2, 0) is 51.7 Å². The highest BCUT2D eigenvalue weighted by atomic mass is 31.2. The van der Waals surface area contributed by atoms with Crippen molar-refractivity contribution in [3.8, 4) is 0 Å². The van der Waals surface area contributed by atoms with Crippen molar-refractivity contribution in [3.05, 3.63) is 59.3 Å². The lowest BCUT2D eigenvalue weighted by molar-refractivity contribution is -0.352. The van der Waals surface area contributed by atoms with Crippen molar-refractivity contribution in [2.75, 3.05) is 19.8 Å². The molecule has 2 heterocycles. The zero-order valence-electron chi connectivity index (χ0n) is 39.1. The van der Waals surface area contributed by atoms with E-state index >= 15 is 0 Å². The molecule has 376 valence electrons. The fourth-order valence-electron chi connectivity index (χ4n) is 6.93. The average Bonchev–Trinajstić information content (AvgIpc) is 3.20. The Balaban J connectivity index is 2.12. The van der Waals surface area contributed by atoms with Crippen LogP contribution in [0.25, 0.3) is 0 Å². The normalized spacial score (nSPS) is 28.8. The van der Waals surface area contributed by atoms with Gasteiger partial charge in [0, 0.05) is 6.92 Å². The number of carboxylic acid groups (broad SMARTS) is 1. The molecule has 2 aliphatic heterocycles. The number of allylic oxidation sites excluding steroid dienone is 8. The fraction of sp³-hybridized carbons (Fsp3) is 0.682. The number of carbonyl (C=O) groups excluding carboxylic acids is 3. The highest BCUT2D eigenvalue weighted by Gasteiger charge is 2.61. The molecule has 21 nitrogen and oxygen atoms in total. The van der Waals surface area contributed by atoms with E-state index in [4.69, 9.17) is 44.2 Å². The predicted octanol–water partition coefficient (Wildman–Crippen LogP) is 3.07. The van der Waals surface area contributed by atoms with Crippen LogP contribution in [0.5, 0.6) is 0 Å². The smallest absolute Gasteiger partial charge is 0.474 e. The number of phosphoric ester groups is 1. The van der Waals surface area contributed by atoms with Gasteiger partial charge in [0.15, 0.2) is 37.0 Å². The van der Waals surface area contributed by atoms with Gasteiger partial charge in [-0.25, -0.2) is 14.2 Å². The molecule has 1 unspecified atom stereocenters. The largest absolute Gasteiger partial charge is 0.479 e. The lowest BCUT2D eigenvalue weighted by Gasteiger charge is -2.50. The van der Waals surface area contributed by atoms with Crippen molar-refractivity contribution >= 4 is 31.7 Å². The summed E-state index contributed by atoms with van der Waals surface area (Å²) < 4.78 is 50.8. The number of hydrogen-bond donors (Lipinski definition) is 9. The van der Waals surface area contributed by atoms with Crippen molar-refractivity contribution in [1.29, 1.82) is 0 Å². The maximum absolute atomic E-state index is 13.4. The summed E-state index contributed by atoms with van der Waals surface area (Å²) in [7, 11) is -5.52. The minimum absolute atomic E-state index is 0.0614. The average molecular weight is 962 g/mol. The Bertz CT molecular complexity index is 1830. The zero-order chi connectivity index (χ0) is 50.2. The van der Waals surface area contributed by atoms with Crippen LogP contribution in [0.4, 0.5) is 4.79 Å². The Labute approximate surface area is 386 Å². The van der Waals surface area contributed by atoms with Crippen LogP contribution in [0.2, 0.25) is 0 Å². The number of primary amides is 2. The number of aliphatic hydroxyl groups is 4. The SMILES string of the molecule is C=C(C/C=C(\C)CCC=C(C)C)CCC(C)(C)/C=C/CC/C(C)=C\CO[C@H](COP(=O)(O)O[C@H]1O[C@H](C(N)=O)[C@@](C)(O)[C@H](OC(N)=O)[C@H]1O[C@@H]1O[C@H](CO)[C@@H](O)[C@H](O)[C@H]1NC(C)=O)C(=O)O. The number of ether oxygens (including phenoxy) is 5. The van der Waals surface area contributed by atoms with E-state index in [0.717, 1.165) is 51.5 Å². The highest BCUT2D eigenvalue weighted by molar-refractivity contribution is 7.47. The topological polar surface area (TPSA) is 335 Å². The molecular weight excluding hydrogens is 889 g/mol. The summed E-state index contributed by atoms with van der Waals surface area (Å²) in [5.74, 6) is -3.76. The van der Waals surface area contributed by atoms with E-state index in [-0.39, 0.29) is 12.0 Å². The van der Waals surface area contributed by atoms with E-state index in [9.17, 15) is 54.2 Å². The summed E-state index contributed by atoms with van der Waals surface area (Å²) in [6.45, 7) is 16.5. The molecule has 66 heavy (non-hydrogen) atoms. The molecule has 12 atom stereocenters. The minimum Gasteiger partial charge on any atom is -0.479 e. The number of aliphatic carboxylic acids is 1. The van der Waals surface area contributed by atoms with Crippen LogP contribution in [0.3, 0.4) is 0 Å². The van der Waals surface area contributed by atoms with E-state index in [1.807, 2.05) is 6.92 Å². The molecule has 0 aromatic rings. The lowest BCUT2D eigenvalue weighted by Crippen LogP contribution is -2.71. The fourth-order valence-corrected chi connectivity index (χ4v) is 7.75. The van der Waals surface area contributed by atoms with E-state index in [2.05, 4.69) is 70.8 Å². The maximum atomic E-state index is 13.4. The van der Waals surface area contributed by atoms with Gasteiger partial charge in [-0.3, -0.25) is 18.6 Å². The summed E-state index contributed by atoms with van der Waals surface area (Å²) >= 11 is 0. The van der Waals surface area contributed by atoms with E-state index in [1.54, 1.807) is 6.08 Å². The van der Waals surface area contributed by atoms with E-state index in [0.29, 0.717) is 12.8 Å². The Morgan fingerprint density at radius 1 is 0.955 bits per heavy atom. The van der Waals surface area contributed by atoms with Gasteiger partial charge in [-0.1, -0.05) is 73.1 Å². The lowest BCUT2D eigenvalue weighted by atomic mass is 9.85. The standard InChI is InChI=1S/C44H72N3O18P/c1-25(2)13-12-15-26(3)16-17-28(5)18-21-43(7,8)20-11-10-14-27(4)19-22-59-31(39(53)54)24-60-66(57,58)65-41-35(36(64-42(46)55)44(9,56)37(63-41)38(45)52)62-40-32(47-29(6)49)34(51)33(50)30(23-48)61-40/h11,13,16,19-20,30-37,40-41,48,50-51,56H,5,10,12,14-15,17-18,21-24H2,1-4,6-9H3,(H2,45,52)(H2,46,55)(H,47,49)(H,53,54)(H,57,58)/b20-11+,26-16+,27-19-/t30-,31-,32-,33-,34-,35-,36-,37-,40+,41-,44+/m1/s1. The van der Waals surface area contributed by atoms with Gasteiger partial charge in [0.05, 0.1) is 19.8 Å². The van der Waals surface area contributed by atoms with E-state index < -0.39 is 112 Å². The molecule has 2 aliphatic rings. The third-order valence-electron chi connectivity index (χ3n) is 10.8. The molecule has 3 amide bonds. The first-order chi connectivity index (χ1) is 30.6. The number of nitrogens with one attached hydrogen (secondary N) is 1. The van der Waals surface area contributed by atoms with Gasteiger partial charge in [0.1, 0.15) is 30.0 Å².